The van der Waals surface area contributed by atoms with Crippen molar-refractivity contribution in [2.24, 2.45) is 7.05 Å². The van der Waals surface area contributed by atoms with Crippen LogP contribution in [0.4, 0.5) is 0 Å². The molecule has 0 radical (unpaired) electrons. The number of nitrogens with zero attached hydrogens (tertiary/aromatic N) is 2. The van der Waals surface area contributed by atoms with Gasteiger partial charge in [-0.05, 0) is 13.0 Å². The smallest absolute Gasteiger partial charge is 0.123 e. The summed E-state index contributed by atoms with van der Waals surface area (Å²) in [7, 11) is 3.73. The molecule has 0 fully saturated rings. The van der Waals surface area contributed by atoms with Crippen LogP contribution in [0.3, 0.4) is 0 Å². The number of aryl methyl sites for hydroxylation is 1. The van der Waals surface area contributed by atoms with Crippen LogP contribution in [0.15, 0.2) is 36.7 Å². The fraction of sp³-hybridized carbons (Fsp3) is 0.400. The molecule has 0 aliphatic rings. The Bertz CT molecular complexity index is 522. The van der Waals surface area contributed by atoms with Crippen LogP contribution in [0.25, 0.3) is 0 Å². The third-order valence-corrected chi connectivity index (χ3v) is 3.33. The van der Waals surface area contributed by atoms with E-state index in [4.69, 9.17) is 4.74 Å². The maximum Gasteiger partial charge on any atom is 0.123 e. The van der Waals surface area contributed by atoms with E-state index in [1.54, 1.807) is 7.11 Å². The molecule has 102 valence electrons. The van der Waals surface area contributed by atoms with Gasteiger partial charge in [0, 0.05) is 44.0 Å². The predicted molar refractivity (Wildman–Crippen MR) is 76.3 cm³/mol. The Morgan fingerprint density at radius 3 is 2.84 bits per heavy atom. The molecule has 0 aliphatic heterocycles. The van der Waals surface area contributed by atoms with Gasteiger partial charge in [0.05, 0.1) is 7.11 Å². The molecule has 4 heteroatoms. The van der Waals surface area contributed by atoms with E-state index in [1.165, 1.54) is 5.56 Å². The van der Waals surface area contributed by atoms with Gasteiger partial charge in [-0.25, -0.2) is 4.98 Å². The summed E-state index contributed by atoms with van der Waals surface area (Å²) >= 11 is 0. The topological polar surface area (TPSA) is 39.1 Å². The monoisotopic (exact) mass is 259 g/mol. The second-order valence-electron chi connectivity index (χ2n) is 4.62. The second kappa shape index (κ2) is 6.38. The number of methoxy groups -OCH3 is 1. The van der Waals surface area contributed by atoms with E-state index in [0.717, 1.165) is 24.5 Å². The molecule has 1 heterocycles. The van der Waals surface area contributed by atoms with Crippen LogP contribution in [0, 0.1) is 0 Å². The van der Waals surface area contributed by atoms with E-state index in [9.17, 15) is 0 Å². The van der Waals surface area contributed by atoms with Crippen LogP contribution >= 0.6 is 0 Å². The van der Waals surface area contributed by atoms with Crippen LogP contribution in [0.1, 0.15) is 24.4 Å². The molecule has 0 amide bonds. The maximum atomic E-state index is 5.38. The predicted octanol–water partition coefficient (Wildman–Crippen LogP) is 2.32. The molecule has 0 saturated heterocycles. The Labute approximate surface area is 114 Å². The zero-order valence-corrected chi connectivity index (χ0v) is 11.8. The van der Waals surface area contributed by atoms with Crippen molar-refractivity contribution in [1.82, 2.24) is 14.9 Å². The first kappa shape index (κ1) is 13.6. The largest absolute Gasteiger partial charge is 0.496 e. The minimum atomic E-state index is 0.261. The van der Waals surface area contributed by atoms with E-state index in [0.29, 0.717) is 0 Å². The number of hydrogen-bond donors (Lipinski definition) is 1. The lowest BCUT2D eigenvalue weighted by atomic mass is 10.1. The highest BCUT2D eigenvalue weighted by Gasteiger charge is 2.10. The molecule has 2 aromatic rings. The quantitative estimate of drug-likeness (QED) is 0.865. The number of para-hydroxylation sites is 1. The second-order valence-corrected chi connectivity index (χ2v) is 4.62. The fourth-order valence-electron chi connectivity index (χ4n) is 2.17. The molecule has 1 aromatic carbocycles. The first-order valence-corrected chi connectivity index (χ1v) is 6.55. The molecule has 4 nitrogen and oxygen atoms in total. The van der Waals surface area contributed by atoms with Crippen molar-refractivity contribution >= 4 is 0 Å². The van der Waals surface area contributed by atoms with Gasteiger partial charge in [0.2, 0.25) is 0 Å². The van der Waals surface area contributed by atoms with Crippen molar-refractivity contribution in [3.05, 3.63) is 48.0 Å². The number of benzene rings is 1. The van der Waals surface area contributed by atoms with E-state index in [1.807, 2.05) is 37.6 Å². The number of nitrogens with one attached hydrogen (secondary N) is 1. The van der Waals surface area contributed by atoms with Crippen molar-refractivity contribution in [2.75, 3.05) is 13.7 Å². The fourth-order valence-corrected chi connectivity index (χ4v) is 2.17. The van der Waals surface area contributed by atoms with E-state index in [2.05, 4.69) is 27.9 Å². The lowest BCUT2D eigenvalue weighted by molar-refractivity contribution is 0.401. The van der Waals surface area contributed by atoms with Crippen molar-refractivity contribution in [3.8, 4) is 5.75 Å². The van der Waals surface area contributed by atoms with Gasteiger partial charge in [-0.15, -0.1) is 0 Å². The highest BCUT2D eigenvalue weighted by Crippen LogP contribution is 2.24. The van der Waals surface area contributed by atoms with Crippen molar-refractivity contribution < 1.29 is 4.74 Å². The summed E-state index contributed by atoms with van der Waals surface area (Å²) in [6, 6.07) is 8.37. The average molecular weight is 259 g/mol. The molecular weight excluding hydrogens is 238 g/mol. The molecule has 2 rings (SSSR count). The Morgan fingerprint density at radius 2 is 2.16 bits per heavy atom. The third-order valence-electron chi connectivity index (χ3n) is 3.33. The van der Waals surface area contributed by atoms with E-state index < -0.39 is 0 Å². The number of aromatic nitrogens is 2. The minimum Gasteiger partial charge on any atom is -0.496 e. The van der Waals surface area contributed by atoms with E-state index in [-0.39, 0.29) is 6.04 Å². The van der Waals surface area contributed by atoms with Gasteiger partial charge in [-0.3, -0.25) is 0 Å². The van der Waals surface area contributed by atoms with Gasteiger partial charge in [-0.2, -0.15) is 0 Å². The zero-order valence-electron chi connectivity index (χ0n) is 11.8. The molecule has 0 aliphatic carbocycles. The van der Waals surface area contributed by atoms with Crippen molar-refractivity contribution in [3.63, 3.8) is 0 Å². The van der Waals surface area contributed by atoms with Gasteiger partial charge < -0.3 is 14.6 Å². The summed E-state index contributed by atoms with van der Waals surface area (Å²) in [6.45, 7) is 3.04. The molecule has 0 spiro atoms. The van der Waals surface area contributed by atoms with Gasteiger partial charge >= 0.3 is 0 Å². The normalized spacial score (nSPS) is 12.4. The first-order valence-electron chi connectivity index (χ1n) is 6.55. The standard InChI is InChI=1S/C15H21N3O/c1-12(13-6-4-5-7-14(13)19-3)16-9-8-15-17-10-11-18(15)2/h4-7,10-12,16H,8-9H2,1-3H3. The highest BCUT2D eigenvalue weighted by atomic mass is 16.5. The van der Waals surface area contributed by atoms with Gasteiger partial charge in [0.15, 0.2) is 0 Å². The van der Waals surface area contributed by atoms with Crippen LogP contribution in [-0.2, 0) is 13.5 Å². The Morgan fingerprint density at radius 1 is 1.37 bits per heavy atom. The lowest BCUT2D eigenvalue weighted by Gasteiger charge is -2.17. The van der Waals surface area contributed by atoms with Crippen LogP contribution in [0.2, 0.25) is 0 Å². The van der Waals surface area contributed by atoms with Crippen LogP contribution < -0.4 is 10.1 Å². The zero-order chi connectivity index (χ0) is 13.7. The van der Waals surface area contributed by atoms with E-state index >= 15 is 0 Å². The third kappa shape index (κ3) is 3.35. The van der Waals surface area contributed by atoms with Gasteiger partial charge in [0.25, 0.3) is 0 Å². The Kier molecular flexibility index (Phi) is 4.58. The SMILES string of the molecule is COc1ccccc1C(C)NCCc1nccn1C. The molecule has 0 saturated carbocycles. The van der Waals surface area contributed by atoms with Crippen molar-refractivity contribution in [1.29, 1.82) is 0 Å². The molecule has 1 atom stereocenters. The molecule has 19 heavy (non-hydrogen) atoms. The molecule has 1 unspecified atom stereocenters. The molecule has 1 aromatic heterocycles. The summed E-state index contributed by atoms with van der Waals surface area (Å²) in [4.78, 5) is 4.32. The van der Waals surface area contributed by atoms with Gasteiger partial charge in [-0.1, -0.05) is 18.2 Å². The summed E-state index contributed by atoms with van der Waals surface area (Å²) in [5.74, 6) is 2.03. The van der Waals surface area contributed by atoms with Gasteiger partial charge in [0.1, 0.15) is 11.6 Å². The number of imidazole rings is 1. The minimum absolute atomic E-state index is 0.261. The summed E-state index contributed by atoms with van der Waals surface area (Å²) in [5, 5.41) is 3.51. The Hall–Kier alpha value is -1.81. The average Bonchev–Trinajstić information content (AvgIpc) is 2.84. The summed E-state index contributed by atoms with van der Waals surface area (Å²) < 4.78 is 7.43. The number of rotatable bonds is 6. The number of hydrogen-bond acceptors (Lipinski definition) is 3. The number of ether oxygens (including phenoxy) is 1. The summed E-state index contributed by atoms with van der Waals surface area (Å²) in [5.41, 5.74) is 1.19. The van der Waals surface area contributed by atoms with Crippen molar-refractivity contribution in [2.45, 2.75) is 19.4 Å². The van der Waals surface area contributed by atoms with Crippen LogP contribution in [-0.4, -0.2) is 23.2 Å². The Balaban J connectivity index is 1.91. The van der Waals surface area contributed by atoms with Crippen LogP contribution in [0.5, 0.6) is 5.75 Å². The lowest BCUT2D eigenvalue weighted by Crippen LogP contribution is -2.22. The summed E-state index contributed by atoms with van der Waals surface area (Å²) in [6.07, 6.45) is 4.72. The maximum absolute atomic E-state index is 5.38. The molecule has 0 bridgehead atoms. The highest BCUT2D eigenvalue weighted by molar-refractivity contribution is 5.35. The molecular formula is C15H21N3O. The first-order chi connectivity index (χ1) is 9.22. The molecule has 1 N–H and O–H groups in total.